The van der Waals surface area contributed by atoms with Gasteiger partial charge in [-0.3, -0.25) is 4.79 Å². The van der Waals surface area contributed by atoms with Crippen molar-refractivity contribution in [2.24, 2.45) is 0 Å². The third kappa shape index (κ3) is 4.24. The first kappa shape index (κ1) is 17.1. The van der Waals surface area contributed by atoms with E-state index in [4.69, 9.17) is 9.84 Å². The molecule has 0 amide bonds. The maximum Gasteiger partial charge on any atom is 0.305 e. The van der Waals surface area contributed by atoms with Crippen LogP contribution in [0, 0.1) is 0 Å². The number of carboxylic acids is 1. The fraction of sp³-hybridized carbons (Fsp3) is 0.350. The van der Waals surface area contributed by atoms with Gasteiger partial charge in [0, 0.05) is 44.1 Å². The van der Waals surface area contributed by atoms with Gasteiger partial charge in [-0.05, 0) is 49.2 Å². The van der Waals surface area contributed by atoms with Gasteiger partial charge in [-0.2, -0.15) is 0 Å². The average Bonchev–Trinajstić information content (AvgIpc) is 3.03. The fourth-order valence-corrected chi connectivity index (χ4v) is 3.26. The van der Waals surface area contributed by atoms with Gasteiger partial charge in [0.25, 0.3) is 0 Å². The summed E-state index contributed by atoms with van der Waals surface area (Å²) in [6, 6.07) is 15.9. The van der Waals surface area contributed by atoms with Crippen molar-refractivity contribution < 1.29 is 14.6 Å². The van der Waals surface area contributed by atoms with Crippen LogP contribution in [-0.4, -0.2) is 37.8 Å². The first-order valence-electron chi connectivity index (χ1n) is 8.56. The van der Waals surface area contributed by atoms with Crippen molar-refractivity contribution in [2.75, 3.05) is 30.4 Å². The second-order valence-electron chi connectivity index (χ2n) is 6.58. The van der Waals surface area contributed by atoms with Crippen LogP contribution in [0.5, 0.6) is 11.5 Å². The molecule has 5 heteroatoms. The zero-order chi connectivity index (χ0) is 17.8. The molecule has 5 nitrogen and oxygen atoms in total. The Bertz CT molecular complexity index is 728. The quantitative estimate of drug-likeness (QED) is 0.862. The molecule has 1 heterocycles. The van der Waals surface area contributed by atoms with Crippen LogP contribution in [0.3, 0.4) is 0 Å². The molecule has 0 radical (unpaired) electrons. The van der Waals surface area contributed by atoms with Crippen LogP contribution in [0.15, 0.2) is 48.5 Å². The summed E-state index contributed by atoms with van der Waals surface area (Å²) in [6.45, 7) is 0.906. The first-order chi connectivity index (χ1) is 12.0. The van der Waals surface area contributed by atoms with Crippen molar-refractivity contribution in [3.63, 3.8) is 0 Å². The number of rotatable bonds is 6. The van der Waals surface area contributed by atoms with Crippen molar-refractivity contribution >= 4 is 17.3 Å². The third-order valence-electron chi connectivity index (χ3n) is 4.53. The van der Waals surface area contributed by atoms with Crippen molar-refractivity contribution in [1.29, 1.82) is 0 Å². The molecule has 25 heavy (non-hydrogen) atoms. The van der Waals surface area contributed by atoms with Crippen molar-refractivity contribution in [2.45, 2.75) is 25.3 Å². The lowest BCUT2D eigenvalue weighted by molar-refractivity contribution is -0.137. The smallest absolute Gasteiger partial charge is 0.305 e. The Kier molecular flexibility index (Phi) is 5.12. The van der Waals surface area contributed by atoms with E-state index in [2.05, 4.69) is 4.90 Å². The van der Waals surface area contributed by atoms with Crippen molar-refractivity contribution in [3.05, 3.63) is 48.5 Å². The van der Waals surface area contributed by atoms with Gasteiger partial charge in [-0.25, -0.2) is 0 Å². The molecular weight excluding hydrogens is 316 g/mol. The second-order valence-corrected chi connectivity index (χ2v) is 6.58. The highest BCUT2D eigenvalue weighted by Crippen LogP contribution is 2.31. The van der Waals surface area contributed by atoms with E-state index in [0.717, 1.165) is 42.3 Å². The molecule has 3 rings (SSSR count). The number of nitrogens with zero attached hydrogens (tertiary/aromatic N) is 2. The summed E-state index contributed by atoms with van der Waals surface area (Å²) in [7, 11) is 4.00. The van der Waals surface area contributed by atoms with Crippen molar-refractivity contribution in [1.82, 2.24) is 0 Å². The predicted molar refractivity (Wildman–Crippen MR) is 99.9 cm³/mol. The fourth-order valence-electron chi connectivity index (χ4n) is 3.26. The molecule has 2 aromatic carbocycles. The predicted octanol–water partition coefficient (Wildman–Crippen LogP) is 3.99. The Morgan fingerprint density at radius 1 is 1.20 bits per heavy atom. The zero-order valence-corrected chi connectivity index (χ0v) is 14.7. The van der Waals surface area contributed by atoms with Gasteiger partial charge in [-0.15, -0.1) is 0 Å². The van der Waals surface area contributed by atoms with Gasteiger partial charge in [-0.1, -0.05) is 6.07 Å². The summed E-state index contributed by atoms with van der Waals surface area (Å²) >= 11 is 0. The summed E-state index contributed by atoms with van der Waals surface area (Å²) in [5, 5.41) is 9.06. The van der Waals surface area contributed by atoms with Gasteiger partial charge in [0.05, 0.1) is 6.42 Å². The summed E-state index contributed by atoms with van der Waals surface area (Å²) in [5.41, 5.74) is 2.14. The number of aliphatic carboxylic acids is 1. The monoisotopic (exact) mass is 340 g/mol. The molecule has 2 aromatic rings. The standard InChI is InChI=1S/C20H24N2O3/c1-21(2)16-5-3-7-19(13-16)25-18-10-8-15(9-11-18)22-12-4-6-17(22)14-20(23)24/h3,5,7-11,13,17H,4,6,12,14H2,1-2H3,(H,23,24)/t17-/m0/s1. The van der Waals surface area contributed by atoms with E-state index in [0.29, 0.717) is 0 Å². The maximum atomic E-state index is 11.0. The highest BCUT2D eigenvalue weighted by atomic mass is 16.5. The number of ether oxygens (including phenoxy) is 1. The molecule has 0 unspecified atom stereocenters. The minimum atomic E-state index is -0.738. The van der Waals surface area contributed by atoms with Gasteiger partial charge in [0.2, 0.25) is 0 Å². The molecule has 0 aliphatic carbocycles. The largest absolute Gasteiger partial charge is 0.481 e. The van der Waals surface area contributed by atoms with Crippen LogP contribution in [0.4, 0.5) is 11.4 Å². The Morgan fingerprint density at radius 3 is 2.64 bits per heavy atom. The molecule has 132 valence electrons. The number of benzene rings is 2. The van der Waals surface area contributed by atoms with E-state index in [1.165, 1.54) is 0 Å². The van der Waals surface area contributed by atoms with Crippen LogP contribution < -0.4 is 14.5 Å². The van der Waals surface area contributed by atoms with Crippen LogP contribution >= 0.6 is 0 Å². The van der Waals surface area contributed by atoms with E-state index >= 15 is 0 Å². The molecule has 1 atom stereocenters. The first-order valence-corrected chi connectivity index (χ1v) is 8.56. The third-order valence-corrected chi connectivity index (χ3v) is 4.53. The Hall–Kier alpha value is -2.69. The van der Waals surface area contributed by atoms with Crippen LogP contribution in [0.1, 0.15) is 19.3 Å². The molecule has 1 saturated heterocycles. The molecule has 1 aliphatic heterocycles. The Labute approximate surface area is 148 Å². The second kappa shape index (κ2) is 7.47. The molecule has 1 N–H and O–H groups in total. The Balaban J connectivity index is 1.70. The summed E-state index contributed by atoms with van der Waals surface area (Å²) in [4.78, 5) is 15.2. The molecular formula is C20H24N2O3. The Morgan fingerprint density at radius 2 is 1.96 bits per heavy atom. The number of hydrogen-bond donors (Lipinski definition) is 1. The van der Waals surface area contributed by atoms with Gasteiger partial charge >= 0.3 is 5.97 Å². The van der Waals surface area contributed by atoms with E-state index in [-0.39, 0.29) is 12.5 Å². The van der Waals surface area contributed by atoms with Gasteiger partial charge < -0.3 is 19.6 Å². The minimum absolute atomic E-state index is 0.0843. The van der Waals surface area contributed by atoms with Crippen LogP contribution in [-0.2, 0) is 4.79 Å². The average molecular weight is 340 g/mol. The molecule has 0 spiro atoms. The summed E-state index contributed by atoms with van der Waals surface area (Å²) in [6.07, 6.45) is 2.16. The number of carboxylic acid groups (broad SMARTS) is 1. The topological polar surface area (TPSA) is 53.0 Å². The minimum Gasteiger partial charge on any atom is -0.481 e. The van der Waals surface area contributed by atoms with E-state index in [1.807, 2.05) is 67.5 Å². The van der Waals surface area contributed by atoms with Gasteiger partial charge in [0.15, 0.2) is 0 Å². The summed E-state index contributed by atoms with van der Waals surface area (Å²) in [5.74, 6) is 0.829. The SMILES string of the molecule is CN(C)c1cccc(Oc2ccc(N3CCC[C@H]3CC(=O)O)cc2)c1. The highest BCUT2D eigenvalue weighted by Gasteiger charge is 2.26. The normalized spacial score (nSPS) is 16.7. The van der Waals surface area contributed by atoms with Crippen LogP contribution in [0.25, 0.3) is 0 Å². The van der Waals surface area contributed by atoms with Crippen molar-refractivity contribution in [3.8, 4) is 11.5 Å². The summed E-state index contributed by atoms with van der Waals surface area (Å²) < 4.78 is 5.94. The van der Waals surface area contributed by atoms with Crippen LogP contribution in [0.2, 0.25) is 0 Å². The van der Waals surface area contributed by atoms with E-state index in [1.54, 1.807) is 0 Å². The van der Waals surface area contributed by atoms with Gasteiger partial charge in [0.1, 0.15) is 11.5 Å². The highest BCUT2D eigenvalue weighted by molar-refractivity contribution is 5.69. The molecule has 1 aliphatic rings. The number of hydrogen-bond acceptors (Lipinski definition) is 4. The molecule has 0 bridgehead atoms. The number of anilines is 2. The number of carbonyl (C=O) groups is 1. The van der Waals surface area contributed by atoms with E-state index in [9.17, 15) is 4.79 Å². The maximum absolute atomic E-state index is 11.0. The lowest BCUT2D eigenvalue weighted by atomic mass is 10.1. The molecule has 0 saturated carbocycles. The zero-order valence-electron chi connectivity index (χ0n) is 14.7. The molecule has 1 fully saturated rings. The lowest BCUT2D eigenvalue weighted by Crippen LogP contribution is -2.31. The lowest BCUT2D eigenvalue weighted by Gasteiger charge is -2.25. The van der Waals surface area contributed by atoms with E-state index < -0.39 is 5.97 Å². The molecule has 0 aromatic heterocycles.